The molecule has 160 valence electrons. The second-order valence-corrected chi connectivity index (χ2v) is 8.23. The molecular formula is C26H32O4. The van der Waals surface area contributed by atoms with Crippen LogP contribution in [-0.4, -0.2) is 25.2 Å². The Hall–Kier alpha value is -2.62. The summed E-state index contributed by atoms with van der Waals surface area (Å²) in [6.07, 6.45) is 1.89. The average Bonchev–Trinajstić information content (AvgIpc) is 3.62. The first-order valence-electron chi connectivity index (χ1n) is 10.9. The third-order valence-electron chi connectivity index (χ3n) is 5.70. The third kappa shape index (κ3) is 5.71. The molecule has 0 heterocycles. The number of hydrogen-bond donors (Lipinski definition) is 0. The summed E-state index contributed by atoms with van der Waals surface area (Å²) in [6, 6.07) is 16.7. The molecule has 0 aromatic heterocycles. The van der Waals surface area contributed by atoms with E-state index in [1.54, 1.807) is 0 Å². The molecule has 4 nitrogen and oxygen atoms in total. The highest BCUT2D eigenvalue weighted by Gasteiger charge is 2.45. The van der Waals surface area contributed by atoms with Crippen molar-refractivity contribution in [1.29, 1.82) is 0 Å². The van der Waals surface area contributed by atoms with Crippen LogP contribution in [0.1, 0.15) is 60.8 Å². The lowest BCUT2D eigenvalue weighted by molar-refractivity contribution is -0.145. The Labute approximate surface area is 179 Å². The molecule has 2 aromatic carbocycles. The molecule has 0 spiro atoms. The molecule has 0 amide bonds. The SMILES string of the molecule is CCOC(=O)C1CC1c1cccc(C)c1.CCOC(=O)C1CC1c1cccc(C)c1. The van der Waals surface area contributed by atoms with Crippen molar-refractivity contribution >= 4 is 11.9 Å². The molecule has 0 saturated heterocycles. The van der Waals surface area contributed by atoms with Crippen LogP contribution in [-0.2, 0) is 19.1 Å². The quantitative estimate of drug-likeness (QED) is 0.607. The van der Waals surface area contributed by atoms with Gasteiger partial charge in [-0.05, 0) is 63.5 Å². The summed E-state index contributed by atoms with van der Waals surface area (Å²) < 4.78 is 10.0. The van der Waals surface area contributed by atoms with Gasteiger partial charge in [-0.1, -0.05) is 59.7 Å². The van der Waals surface area contributed by atoms with Gasteiger partial charge in [0, 0.05) is 0 Å². The fourth-order valence-electron chi connectivity index (χ4n) is 3.95. The van der Waals surface area contributed by atoms with E-state index < -0.39 is 0 Å². The van der Waals surface area contributed by atoms with Crippen molar-refractivity contribution in [2.24, 2.45) is 11.8 Å². The Morgan fingerprint density at radius 1 is 0.767 bits per heavy atom. The van der Waals surface area contributed by atoms with Crippen LogP contribution >= 0.6 is 0 Å². The van der Waals surface area contributed by atoms with E-state index in [0.717, 1.165) is 12.8 Å². The Morgan fingerprint density at radius 3 is 1.50 bits per heavy atom. The zero-order valence-corrected chi connectivity index (χ0v) is 18.4. The van der Waals surface area contributed by atoms with Crippen LogP contribution in [0, 0.1) is 25.7 Å². The molecule has 2 aromatic rings. The van der Waals surface area contributed by atoms with E-state index >= 15 is 0 Å². The molecule has 2 saturated carbocycles. The minimum atomic E-state index is -0.0380. The zero-order chi connectivity index (χ0) is 21.7. The average molecular weight is 409 g/mol. The second kappa shape index (κ2) is 9.92. The van der Waals surface area contributed by atoms with Crippen molar-refractivity contribution in [3.63, 3.8) is 0 Å². The minimum Gasteiger partial charge on any atom is -0.466 e. The molecule has 4 unspecified atom stereocenters. The van der Waals surface area contributed by atoms with Gasteiger partial charge in [0.25, 0.3) is 0 Å². The summed E-state index contributed by atoms with van der Waals surface area (Å²) >= 11 is 0. The lowest BCUT2D eigenvalue weighted by Crippen LogP contribution is -2.07. The van der Waals surface area contributed by atoms with Gasteiger partial charge < -0.3 is 9.47 Å². The van der Waals surface area contributed by atoms with Crippen LogP contribution < -0.4 is 0 Å². The van der Waals surface area contributed by atoms with Gasteiger partial charge in [-0.2, -0.15) is 0 Å². The first kappa shape index (κ1) is 22.1. The minimum absolute atomic E-state index is 0.0380. The van der Waals surface area contributed by atoms with E-state index in [9.17, 15) is 9.59 Å². The fraction of sp³-hybridized carbons (Fsp3) is 0.462. The predicted molar refractivity (Wildman–Crippen MR) is 117 cm³/mol. The monoisotopic (exact) mass is 408 g/mol. The summed E-state index contributed by atoms with van der Waals surface area (Å²) in [5, 5.41) is 0. The standard InChI is InChI=1S/2C13H16O2/c2*1-3-15-13(14)12-8-11(12)10-6-4-5-9(2)7-10/h2*4-7,11-12H,3,8H2,1-2H3. The van der Waals surface area contributed by atoms with E-state index in [4.69, 9.17) is 9.47 Å². The number of carbonyl (C=O) groups is 2. The van der Waals surface area contributed by atoms with Crippen molar-refractivity contribution in [2.75, 3.05) is 13.2 Å². The lowest BCUT2D eigenvalue weighted by Gasteiger charge is -2.02. The summed E-state index contributed by atoms with van der Waals surface area (Å²) in [5.41, 5.74) is 5.05. The largest absolute Gasteiger partial charge is 0.466 e. The summed E-state index contributed by atoms with van der Waals surface area (Å²) in [4.78, 5) is 22.9. The molecule has 30 heavy (non-hydrogen) atoms. The second-order valence-electron chi connectivity index (χ2n) is 8.23. The molecule has 0 aliphatic heterocycles. The Balaban J connectivity index is 0.000000171. The van der Waals surface area contributed by atoms with Gasteiger partial charge in [-0.3, -0.25) is 9.59 Å². The van der Waals surface area contributed by atoms with E-state index in [-0.39, 0.29) is 23.8 Å². The topological polar surface area (TPSA) is 52.6 Å². The molecule has 4 atom stereocenters. The van der Waals surface area contributed by atoms with E-state index in [0.29, 0.717) is 25.0 Å². The van der Waals surface area contributed by atoms with Crippen LogP contribution in [0.5, 0.6) is 0 Å². The third-order valence-corrected chi connectivity index (χ3v) is 5.70. The molecular weight excluding hydrogens is 376 g/mol. The number of carbonyl (C=O) groups excluding carboxylic acids is 2. The van der Waals surface area contributed by atoms with Crippen molar-refractivity contribution in [2.45, 2.75) is 52.4 Å². The van der Waals surface area contributed by atoms with Crippen LogP contribution in [0.4, 0.5) is 0 Å². The number of hydrogen-bond acceptors (Lipinski definition) is 4. The Kier molecular flexibility index (Phi) is 7.30. The maximum atomic E-state index is 11.5. The predicted octanol–water partition coefficient (Wildman–Crippen LogP) is 5.32. The van der Waals surface area contributed by atoms with E-state index in [2.05, 4.69) is 50.2 Å². The number of rotatable bonds is 6. The van der Waals surface area contributed by atoms with Gasteiger partial charge >= 0.3 is 11.9 Å². The first-order valence-corrected chi connectivity index (χ1v) is 10.9. The highest BCUT2D eigenvalue weighted by atomic mass is 16.5. The van der Waals surface area contributed by atoms with Gasteiger partial charge in [0.05, 0.1) is 25.0 Å². The van der Waals surface area contributed by atoms with Crippen molar-refractivity contribution in [1.82, 2.24) is 0 Å². The van der Waals surface area contributed by atoms with Crippen LogP contribution in [0.25, 0.3) is 0 Å². The molecule has 2 aliphatic rings. The van der Waals surface area contributed by atoms with Crippen molar-refractivity contribution in [3.8, 4) is 0 Å². The Bertz CT molecular complexity index is 815. The normalized spacial score (nSPS) is 23.6. The van der Waals surface area contributed by atoms with Crippen LogP contribution in [0.3, 0.4) is 0 Å². The van der Waals surface area contributed by atoms with Gasteiger partial charge in [0.2, 0.25) is 0 Å². The highest BCUT2D eigenvalue weighted by Crippen LogP contribution is 2.49. The number of esters is 2. The number of benzene rings is 2. The smallest absolute Gasteiger partial charge is 0.309 e. The van der Waals surface area contributed by atoms with Crippen LogP contribution in [0.15, 0.2) is 48.5 Å². The summed E-state index contributed by atoms with van der Waals surface area (Å²) in [6.45, 7) is 8.81. The molecule has 0 N–H and O–H groups in total. The van der Waals surface area contributed by atoms with Crippen molar-refractivity contribution in [3.05, 3.63) is 70.8 Å². The first-order chi connectivity index (χ1) is 14.4. The summed E-state index contributed by atoms with van der Waals surface area (Å²) in [7, 11) is 0. The Morgan fingerprint density at radius 2 is 1.17 bits per heavy atom. The summed E-state index contributed by atoms with van der Waals surface area (Å²) in [5.74, 6) is 0.916. The van der Waals surface area contributed by atoms with Crippen LogP contribution in [0.2, 0.25) is 0 Å². The molecule has 0 bridgehead atoms. The maximum absolute atomic E-state index is 11.5. The molecule has 4 heteroatoms. The van der Waals surface area contributed by atoms with Gasteiger partial charge in [-0.25, -0.2) is 0 Å². The maximum Gasteiger partial charge on any atom is 0.309 e. The molecule has 0 radical (unpaired) electrons. The fourth-order valence-corrected chi connectivity index (χ4v) is 3.95. The van der Waals surface area contributed by atoms with Gasteiger partial charge in [0.1, 0.15) is 0 Å². The van der Waals surface area contributed by atoms with E-state index in [1.165, 1.54) is 22.3 Å². The molecule has 2 fully saturated rings. The van der Waals surface area contributed by atoms with Gasteiger partial charge in [0.15, 0.2) is 0 Å². The zero-order valence-electron chi connectivity index (χ0n) is 18.4. The highest BCUT2D eigenvalue weighted by molar-refractivity contribution is 5.77. The van der Waals surface area contributed by atoms with Gasteiger partial charge in [-0.15, -0.1) is 0 Å². The van der Waals surface area contributed by atoms with Crippen molar-refractivity contribution < 1.29 is 19.1 Å². The number of aryl methyl sites for hydroxylation is 2. The van der Waals surface area contributed by atoms with E-state index in [1.807, 2.05) is 26.0 Å². The number of ether oxygens (including phenoxy) is 2. The molecule has 2 aliphatic carbocycles. The molecule has 4 rings (SSSR count). The lowest BCUT2D eigenvalue weighted by atomic mass is 10.1.